The minimum absolute atomic E-state index is 0.142. The van der Waals surface area contributed by atoms with Crippen molar-refractivity contribution in [3.8, 4) is 5.82 Å². The number of hydrogen-bond acceptors (Lipinski definition) is 6. The Hall–Kier alpha value is -2.90. The molecule has 20 heavy (non-hydrogen) atoms. The van der Waals surface area contributed by atoms with Gasteiger partial charge in [-0.1, -0.05) is 0 Å². The van der Waals surface area contributed by atoms with Gasteiger partial charge in [0.25, 0.3) is 5.91 Å². The molecular weight excluding hydrogens is 262 g/mol. The SMILES string of the molecule is CCOC(=O)c1cnn(-c2cc(C(N)=O)c(N)cn2)c1. The number of anilines is 1. The van der Waals surface area contributed by atoms with Gasteiger partial charge in [0.05, 0.1) is 35.8 Å². The van der Waals surface area contributed by atoms with Gasteiger partial charge in [-0.3, -0.25) is 4.79 Å². The first-order valence-electron chi connectivity index (χ1n) is 5.80. The van der Waals surface area contributed by atoms with Crippen molar-refractivity contribution in [1.82, 2.24) is 14.8 Å². The second kappa shape index (κ2) is 5.39. The van der Waals surface area contributed by atoms with E-state index in [2.05, 4.69) is 10.1 Å². The maximum atomic E-state index is 11.5. The lowest BCUT2D eigenvalue weighted by Crippen LogP contribution is -2.15. The fraction of sp³-hybridized carbons (Fsp3) is 0.167. The average molecular weight is 275 g/mol. The average Bonchev–Trinajstić information content (AvgIpc) is 2.89. The number of primary amides is 1. The van der Waals surface area contributed by atoms with Crippen LogP contribution in [0.1, 0.15) is 27.6 Å². The maximum absolute atomic E-state index is 11.5. The van der Waals surface area contributed by atoms with Crippen molar-refractivity contribution in [2.24, 2.45) is 5.73 Å². The highest BCUT2D eigenvalue weighted by atomic mass is 16.5. The van der Waals surface area contributed by atoms with Gasteiger partial charge in [-0.25, -0.2) is 14.5 Å². The number of nitrogens with two attached hydrogens (primary N) is 2. The second-order valence-corrected chi connectivity index (χ2v) is 3.89. The number of amides is 1. The summed E-state index contributed by atoms with van der Waals surface area (Å²) in [7, 11) is 0. The molecular formula is C12H13N5O3. The van der Waals surface area contributed by atoms with Crippen molar-refractivity contribution < 1.29 is 14.3 Å². The molecule has 2 heterocycles. The summed E-state index contributed by atoms with van der Waals surface area (Å²) in [5, 5.41) is 3.98. The van der Waals surface area contributed by atoms with Crippen LogP contribution in [-0.2, 0) is 4.74 Å². The molecule has 0 aromatic carbocycles. The molecule has 0 spiro atoms. The lowest BCUT2D eigenvalue weighted by atomic mass is 10.2. The molecule has 0 aliphatic rings. The summed E-state index contributed by atoms with van der Waals surface area (Å²) in [5.41, 5.74) is 11.4. The van der Waals surface area contributed by atoms with Crippen LogP contribution in [0.25, 0.3) is 5.82 Å². The van der Waals surface area contributed by atoms with Gasteiger partial charge in [0.1, 0.15) is 0 Å². The fourth-order valence-electron chi connectivity index (χ4n) is 1.56. The Morgan fingerprint density at radius 3 is 2.80 bits per heavy atom. The number of carbonyl (C=O) groups excluding carboxylic acids is 2. The highest BCUT2D eigenvalue weighted by Gasteiger charge is 2.13. The van der Waals surface area contributed by atoms with Crippen molar-refractivity contribution in [1.29, 1.82) is 0 Å². The normalized spacial score (nSPS) is 10.2. The quantitative estimate of drug-likeness (QED) is 0.763. The third-order valence-electron chi connectivity index (χ3n) is 2.51. The second-order valence-electron chi connectivity index (χ2n) is 3.89. The Morgan fingerprint density at radius 1 is 1.40 bits per heavy atom. The summed E-state index contributed by atoms with van der Waals surface area (Å²) in [6, 6.07) is 1.40. The van der Waals surface area contributed by atoms with Gasteiger partial charge in [0.15, 0.2) is 5.82 Å². The number of rotatable bonds is 4. The van der Waals surface area contributed by atoms with E-state index in [4.69, 9.17) is 16.2 Å². The summed E-state index contributed by atoms with van der Waals surface area (Å²) in [4.78, 5) is 26.8. The molecule has 8 heteroatoms. The molecule has 0 aliphatic carbocycles. The molecule has 0 saturated carbocycles. The third-order valence-corrected chi connectivity index (χ3v) is 2.51. The van der Waals surface area contributed by atoms with E-state index in [1.807, 2.05) is 0 Å². The molecule has 0 atom stereocenters. The molecule has 0 bridgehead atoms. The van der Waals surface area contributed by atoms with Crippen molar-refractivity contribution in [2.45, 2.75) is 6.92 Å². The lowest BCUT2D eigenvalue weighted by molar-refractivity contribution is 0.0526. The van der Waals surface area contributed by atoms with Gasteiger partial charge < -0.3 is 16.2 Å². The molecule has 4 N–H and O–H groups in total. The first kappa shape index (κ1) is 13.5. The predicted molar refractivity (Wildman–Crippen MR) is 70.2 cm³/mol. The first-order valence-corrected chi connectivity index (χ1v) is 5.80. The van der Waals surface area contributed by atoms with Gasteiger partial charge in [-0.05, 0) is 13.0 Å². The maximum Gasteiger partial charge on any atom is 0.341 e. The molecule has 0 saturated heterocycles. The van der Waals surface area contributed by atoms with Gasteiger partial charge in [0.2, 0.25) is 0 Å². The molecule has 104 valence electrons. The van der Waals surface area contributed by atoms with Crippen molar-refractivity contribution in [3.63, 3.8) is 0 Å². The Bertz CT molecular complexity index is 665. The monoisotopic (exact) mass is 275 g/mol. The van der Waals surface area contributed by atoms with Crippen LogP contribution < -0.4 is 11.5 Å². The third kappa shape index (κ3) is 2.58. The van der Waals surface area contributed by atoms with Crippen LogP contribution >= 0.6 is 0 Å². The Labute approximate surface area is 114 Å². The number of hydrogen-bond donors (Lipinski definition) is 2. The number of nitrogens with zero attached hydrogens (tertiary/aromatic N) is 3. The Kier molecular flexibility index (Phi) is 3.65. The number of esters is 1. The Balaban J connectivity index is 2.35. The van der Waals surface area contributed by atoms with E-state index in [0.717, 1.165) is 0 Å². The molecule has 0 radical (unpaired) electrons. The summed E-state index contributed by atoms with van der Waals surface area (Å²) in [6.07, 6.45) is 4.10. The summed E-state index contributed by atoms with van der Waals surface area (Å²) in [6.45, 7) is 1.99. The number of aromatic nitrogens is 3. The van der Waals surface area contributed by atoms with E-state index < -0.39 is 11.9 Å². The fourth-order valence-corrected chi connectivity index (χ4v) is 1.56. The van der Waals surface area contributed by atoms with Gasteiger partial charge in [-0.15, -0.1) is 0 Å². The lowest BCUT2D eigenvalue weighted by Gasteiger charge is -2.04. The molecule has 0 aliphatic heterocycles. The van der Waals surface area contributed by atoms with Gasteiger partial charge in [-0.2, -0.15) is 5.10 Å². The zero-order chi connectivity index (χ0) is 14.7. The number of nitrogen functional groups attached to an aromatic ring is 1. The number of ether oxygens (including phenoxy) is 1. The topological polar surface area (TPSA) is 126 Å². The van der Waals surface area contributed by atoms with Crippen LogP contribution in [-0.4, -0.2) is 33.2 Å². The largest absolute Gasteiger partial charge is 0.462 e. The van der Waals surface area contributed by atoms with Crippen molar-refractivity contribution in [2.75, 3.05) is 12.3 Å². The van der Waals surface area contributed by atoms with Crippen molar-refractivity contribution >= 4 is 17.6 Å². The van der Waals surface area contributed by atoms with Crippen LogP contribution in [0.5, 0.6) is 0 Å². The van der Waals surface area contributed by atoms with Crippen LogP contribution in [0.4, 0.5) is 5.69 Å². The van der Waals surface area contributed by atoms with Crippen LogP contribution in [0.3, 0.4) is 0 Å². The number of carbonyl (C=O) groups is 2. The molecule has 2 aromatic heterocycles. The molecule has 0 fully saturated rings. The Morgan fingerprint density at radius 2 is 2.15 bits per heavy atom. The standard InChI is InChI=1S/C12H13N5O3/c1-2-20-12(19)7-4-16-17(6-7)10-3-8(11(14)18)9(13)5-15-10/h3-6H,2,13H2,1H3,(H2,14,18). The number of pyridine rings is 1. The van der Waals surface area contributed by atoms with E-state index in [9.17, 15) is 9.59 Å². The highest BCUT2D eigenvalue weighted by Crippen LogP contribution is 2.14. The van der Waals surface area contributed by atoms with E-state index in [1.165, 1.54) is 29.3 Å². The zero-order valence-electron chi connectivity index (χ0n) is 10.7. The van der Waals surface area contributed by atoms with Crippen LogP contribution in [0, 0.1) is 0 Å². The van der Waals surface area contributed by atoms with E-state index >= 15 is 0 Å². The molecule has 8 nitrogen and oxygen atoms in total. The van der Waals surface area contributed by atoms with Crippen molar-refractivity contribution in [3.05, 3.63) is 35.8 Å². The minimum atomic E-state index is -0.663. The predicted octanol–water partition coefficient (Wildman–Crippen LogP) is 0.125. The summed E-state index contributed by atoms with van der Waals surface area (Å²) in [5.74, 6) is -0.822. The molecule has 2 aromatic rings. The minimum Gasteiger partial charge on any atom is -0.462 e. The molecule has 2 rings (SSSR count). The van der Waals surface area contributed by atoms with Gasteiger partial charge >= 0.3 is 5.97 Å². The summed E-state index contributed by atoms with van der Waals surface area (Å²) >= 11 is 0. The smallest absolute Gasteiger partial charge is 0.341 e. The van der Waals surface area contributed by atoms with Crippen LogP contribution in [0.2, 0.25) is 0 Å². The highest BCUT2D eigenvalue weighted by molar-refractivity contribution is 5.98. The summed E-state index contributed by atoms with van der Waals surface area (Å²) < 4.78 is 6.18. The first-order chi connectivity index (χ1) is 9.52. The van der Waals surface area contributed by atoms with Crippen LogP contribution in [0.15, 0.2) is 24.7 Å². The van der Waals surface area contributed by atoms with E-state index in [1.54, 1.807) is 6.92 Å². The van der Waals surface area contributed by atoms with Gasteiger partial charge in [0, 0.05) is 6.20 Å². The van der Waals surface area contributed by atoms with E-state index in [-0.39, 0.29) is 23.4 Å². The zero-order valence-corrected chi connectivity index (χ0v) is 10.7. The van der Waals surface area contributed by atoms with E-state index in [0.29, 0.717) is 5.82 Å². The molecule has 0 unspecified atom stereocenters. The molecule has 1 amide bonds.